The van der Waals surface area contributed by atoms with Gasteiger partial charge in [-0.15, -0.1) is 11.3 Å². The van der Waals surface area contributed by atoms with Crippen molar-refractivity contribution in [2.24, 2.45) is 5.10 Å². The predicted molar refractivity (Wildman–Crippen MR) is 116 cm³/mol. The molecule has 0 bridgehead atoms. The molecule has 0 amide bonds. The molecule has 1 aromatic heterocycles. The van der Waals surface area contributed by atoms with Crippen LogP contribution in [0.4, 0.5) is 10.9 Å². The average Bonchev–Trinajstić information content (AvgIpc) is 3.09. The minimum atomic E-state index is 0.302. The maximum Gasteiger partial charge on any atom is 0.205 e. The summed E-state index contributed by atoms with van der Waals surface area (Å²) in [5.41, 5.74) is 9.94. The smallest absolute Gasteiger partial charge is 0.205 e. The summed E-state index contributed by atoms with van der Waals surface area (Å²) in [4.78, 5) is 4.07. The molecule has 0 saturated carbocycles. The first-order chi connectivity index (χ1) is 13.6. The van der Waals surface area contributed by atoms with E-state index in [2.05, 4.69) is 15.5 Å². The van der Waals surface area contributed by atoms with E-state index in [-0.39, 0.29) is 0 Å². The lowest BCUT2D eigenvalue weighted by atomic mass is 10.2. The third-order valence-electron chi connectivity index (χ3n) is 3.59. The van der Waals surface area contributed by atoms with Crippen molar-refractivity contribution in [3.05, 3.63) is 63.0 Å². The highest BCUT2D eigenvalue weighted by atomic mass is 35.5. The van der Waals surface area contributed by atoms with Crippen molar-refractivity contribution < 1.29 is 9.47 Å². The van der Waals surface area contributed by atoms with Gasteiger partial charge in [0.2, 0.25) is 5.13 Å². The molecule has 0 radical (unpaired) electrons. The number of aromatic nitrogens is 1. The van der Waals surface area contributed by atoms with Gasteiger partial charge in [0.15, 0.2) is 11.5 Å². The van der Waals surface area contributed by atoms with Crippen molar-refractivity contribution in [3.8, 4) is 11.5 Å². The molecule has 2 aromatic carbocycles. The van der Waals surface area contributed by atoms with Gasteiger partial charge in [-0.3, -0.25) is 5.43 Å². The van der Waals surface area contributed by atoms with Gasteiger partial charge >= 0.3 is 0 Å². The van der Waals surface area contributed by atoms with Crippen LogP contribution >= 0.6 is 34.5 Å². The quantitative estimate of drug-likeness (QED) is 0.362. The number of ether oxygens (including phenoxy) is 2. The number of hydrazone groups is 1. The Hall–Kier alpha value is -2.48. The summed E-state index contributed by atoms with van der Waals surface area (Å²) in [5, 5.41) is 7.58. The van der Waals surface area contributed by atoms with Crippen LogP contribution in [0.15, 0.2) is 46.9 Å². The van der Waals surface area contributed by atoms with Crippen LogP contribution in [-0.4, -0.2) is 17.8 Å². The first kappa shape index (κ1) is 20.3. The predicted octanol–water partition coefficient (Wildman–Crippen LogP) is 5.46. The third kappa shape index (κ3) is 5.28. The lowest BCUT2D eigenvalue weighted by Gasteiger charge is -2.14. The van der Waals surface area contributed by atoms with Crippen LogP contribution in [0.25, 0.3) is 0 Å². The minimum absolute atomic E-state index is 0.302. The molecule has 0 fully saturated rings. The van der Waals surface area contributed by atoms with Gasteiger partial charge in [0.25, 0.3) is 0 Å². The highest BCUT2D eigenvalue weighted by molar-refractivity contribution is 7.14. The molecule has 28 heavy (non-hydrogen) atoms. The third-order valence-corrected chi connectivity index (χ3v) is 5.05. The molecular weight excluding hydrogens is 419 g/mol. The molecular formula is C19H18Cl2N4O2S. The lowest BCUT2D eigenvalue weighted by Crippen LogP contribution is -2.01. The van der Waals surface area contributed by atoms with Gasteiger partial charge in [-0.2, -0.15) is 5.10 Å². The van der Waals surface area contributed by atoms with E-state index in [9.17, 15) is 0 Å². The summed E-state index contributed by atoms with van der Waals surface area (Å²) in [6.07, 6.45) is 1.58. The number of rotatable bonds is 8. The summed E-state index contributed by atoms with van der Waals surface area (Å²) < 4.78 is 11.6. The van der Waals surface area contributed by atoms with E-state index in [0.717, 1.165) is 5.56 Å². The van der Waals surface area contributed by atoms with E-state index in [0.29, 0.717) is 51.3 Å². The fourth-order valence-electron chi connectivity index (χ4n) is 2.30. The minimum Gasteiger partial charge on any atom is -0.490 e. The van der Waals surface area contributed by atoms with Crippen LogP contribution in [0.5, 0.6) is 11.5 Å². The van der Waals surface area contributed by atoms with Crippen molar-refractivity contribution in [2.75, 3.05) is 17.8 Å². The Labute approximate surface area is 176 Å². The Balaban J connectivity index is 1.76. The number of benzene rings is 2. The molecule has 0 saturated heterocycles. The summed E-state index contributed by atoms with van der Waals surface area (Å²) >= 11 is 13.9. The number of hydrogen-bond acceptors (Lipinski definition) is 7. The number of nitrogen functional groups attached to an aromatic ring is 1. The standard InChI is InChI=1S/C19H18Cl2N4O2S/c1-2-26-16-7-13(9-23-25-19-24-18(22)11-28-19)15(21)8-17(16)27-10-12-5-3-4-6-14(12)20/h3-9,11H,2,10,22H2,1H3,(H,24,25). The van der Waals surface area contributed by atoms with Gasteiger partial charge < -0.3 is 15.2 Å². The summed E-state index contributed by atoms with van der Waals surface area (Å²) in [5.74, 6) is 1.54. The zero-order valence-electron chi connectivity index (χ0n) is 15.0. The molecule has 0 spiro atoms. The molecule has 6 nitrogen and oxygen atoms in total. The molecule has 9 heteroatoms. The molecule has 0 aliphatic heterocycles. The number of nitrogens with two attached hydrogens (primary N) is 1. The number of hydrogen-bond donors (Lipinski definition) is 2. The molecule has 3 rings (SSSR count). The Kier molecular flexibility index (Phi) is 6.97. The normalized spacial score (nSPS) is 11.0. The zero-order chi connectivity index (χ0) is 19.9. The van der Waals surface area contributed by atoms with Crippen LogP contribution in [0, 0.1) is 0 Å². The second-order valence-corrected chi connectivity index (χ2v) is 7.25. The van der Waals surface area contributed by atoms with E-state index >= 15 is 0 Å². The molecule has 0 unspecified atom stereocenters. The molecule has 146 valence electrons. The fraction of sp³-hybridized carbons (Fsp3) is 0.158. The molecule has 3 aromatic rings. The van der Waals surface area contributed by atoms with Gasteiger partial charge in [0.1, 0.15) is 12.4 Å². The highest BCUT2D eigenvalue weighted by Crippen LogP contribution is 2.34. The number of thiazole rings is 1. The average molecular weight is 437 g/mol. The van der Waals surface area contributed by atoms with Crippen molar-refractivity contribution in [3.63, 3.8) is 0 Å². The van der Waals surface area contributed by atoms with E-state index < -0.39 is 0 Å². The van der Waals surface area contributed by atoms with Crippen LogP contribution in [0.2, 0.25) is 10.0 Å². The van der Waals surface area contributed by atoms with E-state index in [1.165, 1.54) is 11.3 Å². The molecule has 0 atom stereocenters. The van der Waals surface area contributed by atoms with Crippen molar-refractivity contribution in [1.29, 1.82) is 0 Å². The Morgan fingerprint density at radius 3 is 2.68 bits per heavy atom. The van der Waals surface area contributed by atoms with Crippen molar-refractivity contribution in [2.45, 2.75) is 13.5 Å². The summed E-state index contributed by atoms with van der Waals surface area (Å²) in [6.45, 7) is 2.68. The second-order valence-electron chi connectivity index (χ2n) is 5.58. The Morgan fingerprint density at radius 2 is 1.96 bits per heavy atom. The fourth-order valence-corrected chi connectivity index (χ4v) is 3.24. The van der Waals surface area contributed by atoms with Crippen molar-refractivity contribution >= 4 is 51.7 Å². The van der Waals surface area contributed by atoms with Crippen LogP contribution in [-0.2, 0) is 6.61 Å². The van der Waals surface area contributed by atoms with Gasteiger partial charge in [0.05, 0.1) is 17.8 Å². The zero-order valence-corrected chi connectivity index (χ0v) is 17.3. The van der Waals surface area contributed by atoms with Gasteiger partial charge in [0, 0.05) is 27.6 Å². The van der Waals surface area contributed by atoms with E-state index in [1.807, 2.05) is 31.2 Å². The Bertz CT molecular complexity index is 978. The number of nitrogens with one attached hydrogen (secondary N) is 1. The van der Waals surface area contributed by atoms with Gasteiger partial charge in [-0.25, -0.2) is 4.98 Å². The largest absolute Gasteiger partial charge is 0.490 e. The number of halogens is 2. The first-order valence-corrected chi connectivity index (χ1v) is 10.0. The summed E-state index contributed by atoms with van der Waals surface area (Å²) in [6, 6.07) is 11.0. The first-order valence-electron chi connectivity index (χ1n) is 8.39. The van der Waals surface area contributed by atoms with E-state index in [4.69, 9.17) is 38.4 Å². The number of anilines is 2. The number of nitrogens with zero attached hydrogens (tertiary/aromatic N) is 2. The molecule has 0 aliphatic rings. The van der Waals surface area contributed by atoms with Crippen LogP contribution < -0.4 is 20.6 Å². The maximum absolute atomic E-state index is 6.39. The molecule has 0 aliphatic carbocycles. The SMILES string of the molecule is CCOc1cc(C=NNc2nc(N)cs2)c(Cl)cc1OCc1ccccc1Cl. The van der Waals surface area contributed by atoms with Crippen LogP contribution in [0.3, 0.4) is 0 Å². The highest BCUT2D eigenvalue weighted by Gasteiger charge is 2.11. The van der Waals surface area contributed by atoms with Crippen molar-refractivity contribution in [1.82, 2.24) is 4.98 Å². The van der Waals surface area contributed by atoms with Crippen LogP contribution in [0.1, 0.15) is 18.1 Å². The summed E-state index contributed by atoms with van der Waals surface area (Å²) in [7, 11) is 0. The van der Waals surface area contributed by atoms with Gasteiger partial charge in [-0.1, -0.05) is 41.4 Å². The molecule has 1 heterocycles. The van der Waals surface area contributed by atoms with E-state index in [1.54, 1.807) is 23.7 Å². The topological polar surface area (TPSA) is 81.8 Å². The maximum atomic E-state index is 6.39. The lowest BCUT2D eigenvalue weighted by molar-refractivity contribution is 0.269. The second kappa shape index (κ2) is 9.64. The monoisotopic (exact) mass is 436 g/mol. The Morgan fingerprint density at radius 1 is 1.18 bits per heavy atom. The molecule has 3 N–H and O–H groups in total. The van der Waals surface area contributed by atoms with Gasteiger partial charge in [-0.05, 0) is 19.1 Å².